The smallest absolute Gasteiger partial charge is 0.304 e. The Labute approximate surface area is 59.8 Å². The maximum atomic E-state index is 10.0. The Hall–Kier alpha value is -0.240. The Balaban J connectivity index is 3.26. The van der Waals surface area contributed by atoms with E-state index in [2.05, 4.69) is 0 Å². The van der Waals surface area contributed by atoms with Crippen molar-refractivity contribution in [3.8, 4) is 0 Å². The number of carboxylic acids is 1. The molecule has 0 heterocycles. The SMILES string of the molecule is CCCC(Cl)CC(=O)O. The fourth-order valence-electron chi connectivity index (χ4n) is 0.605. The van der Waals surface area contributed by atoms with Crippen LogP contribution in [0.4, 0.5) is 0 Å². The second kappa shape index (κ2) is 4.62. The number of rotatable bonds is 4. The van der Waals surface area contributed by atoms with Crippen LogP contribution in [0.25, 0.3) is 0 Å². The van der Waals surface area contributed by atoms with Gasteiger partial charge in [-0.25, -0.2) is 0 Å². The highest BCUT2D eigenvalue weighted by atomic mass is 35.5. The molecule has 0 rings (SSSR count). The average molecular weight is 151 g/mol. The number of carbonyl (C=O) groups is 1. The predicted octanol–water partition coefficient (Wildman–Crippen LogP) is 1.87. The van der Waals surface area contributed by atoms with Crippen LogP contribution in [0.2, 0.25) is 0 Å². The summed E-state index contributed by atoms with van der Waals surface area (Å²) in [6, 6.07) is 0. The van der Waals surface area contributed by atoms with Crippen molar-refractivity contribution in [1.29, 1.82) is 0 Å². The fourth-order valence-corrected chi connectivity index (χ4v) is 0.955. The highest BCUT2D eigenvalue weighted by molar-refractivity contribution is 6.21. The van der Waals surface area contributed by atoms with E-state index < -0.39 is 5.97 Å². The molecule has 0 saturated heterocycles. The Kier molecular flexibility index (Phi) is 4.50. The first-order chi connectivity index (χ1) is 4.16. The summed E-state index contributed by atoms with van der Waals surface area (Å²) in [6.07, 6.45) is 1.81. The van der Waals surface area contributed by atoms with Crippen LogP contribution in [0.1, 0.15) is 26.2 Å². The molecule has 0 aliphatic carbocycles. The van der Waals surface area contributed by atoms with Crippen LogP contribution >= 0.6 is 11.6 Å². The Bertz CT molecular complexity index is 93.1. The minimum absolute atomic E-state index is 0.0788. The lowest BCUT2D eigenvalue weighted by Crippen LogP contribution is -2.05. The number of carboxylic acid groups (broad SMARTS) is 1. The van der Waals surface area contributed by atoms with Crippen LogP contribution in [-0.4, -0.2) is 16.5 Å². The quantitative estimate of drug-likeness (QED) is 0.622. The van der Waals surface area contributed by atoms with Gasteiger partial charge in [0.05, 0.1) is 6.42 Å². The minimum atomic E-state index is -0.816. The summed E-state index contributed by atoms with van der Waals surface area (Å²) in [5, 5.41) is 8.04. The van der Waals surface area contributed by atoms with E-state index in [1.54, 1.807) is 0 Å². The molecule has 0 fully saturated rings. The number of halogens is 1. The molecule has 1 atom stereocenters. The van der Waals surface area contributed by atoms with Gasteiger partial charge in [0.2, 0.25) is 0 Å². The summed E-state index contributed by atoms with van der Waals surface area (Å²) in [6.45, 7) is 1.98. The lowest BCUT2D eigenvalue weighted by atomic mass is 10.2. The molecule has 0 bridgehead atoms. The Morgan fingerprint density at radius 2 is 2.33 bits per heavy atom. The largest absolute Gasteiger partial charge is 0.481 e. The molecule has 54 valence electrons. The van der Waals surface area contributed by atoms with Gasteiger partial charge in [-0.1, -0.05) is 13.3 Å². The van der Waals surface area contributed by atoms with E-state index in [1.165, 1.54) is 0 Å². The lowest BCUT2D eigenvalue weighted by Gasteiger charge is -2.01. The molecule has 1 N–H and O–H groups in total. The van der Waals surface area contributed by atoms with E-state index >= 15 is 0 Å². The molecule has 0 spiro atoms. The monoisotopic (exact) mass is 150 g/mol. The zero-order valence-corrected chi connectivity index (χ0v) is 6.19. The molecule has 0 aliphatic rings. The van der Waals surface area contributed by atoms with Gasteiger partial charge >= 0.3 is 5.97 Å². The number of alkyl halides is 1. The van der Waals surface area contributed by atoms with Crippen molar-refractivity contribution in [3.05, 3.63) is 0 Å². The third-order valence-electron chi connectivity index (χ3n) is 0.998. The Morgan fingerprint density at radius 1 is 1.78 bits per heavy atom. The van der Waals surface area contributed by atoms with Crippen molar-refractivity contribution in [3.63, 3.8) is 0 Å². The summed E-state index contributed by atoms with van der Waals surface area (Å²) >= 11 is 5.60. The van der Waals surface area contributed by atoms with Crippen molar-refractivity contribution in [2.75, 3.05) is 0 Å². The second-order valence-corrected chi connectivity index (χ2v) is 2.60. The molecule has 0 radical (unpaired) electrons. The predicted molar refractivity (Wildman–Crippen MR) is 36.8 cm³/mol. The van der Waals surface area contributed by atoms with E-state index in [-0.39, 0.29) is 11.8 Å². The molecule has 2 nitrogen and oxygen atoms in total. The van der Waals surface area contributed by atoms with Crippen molar-refractivity contribution >= 4 is 17.6 Å². The number of hydrogen-bond donors (Lipinski definition) is 1. The molecule has 3 heteroatoms. The summed E-state index contributed by atoms with van der Waals surface area (Å²) in [5.41, 5.74) is 0. The molecule has 0 aliphatic heterocycles. The van der Waals surface area contributed by atoms with Crippen LogP contribution in [0, 0.1) is 0 Å². The number of aliphatic carboxylic acids is 1. The van der Waals surface area contributed by atoms with E-state index in [9.17, 15) is 4.79 Å². The van der Waals surface area contributed by atoms with Gasteiger partial charge in [-0.2, -0.15) is 0 Å². The second-order valence-electron chi connectivity index (χ2n) is 1.98. The molecule has 0 amide bonds. The fraction of sp³-hybridized carbons (Fsp3) is 0.833. The normalized spacial score (nSPS) is 13.1. The molecule has 9 heavy (non-hydrogen) atoms. The van der Waals surface area contributed by atoms with Crippen molar-refractivity contribution in [2.45, 2.75) is 31.6 Å². The maximum Gasteiger partial charge on any atom is 0.304 e. The zero-order chi connectivity index (χ0) is 7.28. The van der Waals surface area contributed by atoms with Crippen molar-refractivity contribution in [1.82, 2.24) is 0 Å². The molecule has 0 saturated carbocycles. The molecular weight excluding hydrogens is 140 g/mol. The molecular formula is C6H11ClO2. The van der Waals surface area contributed by atoms with Crippen LogP contribution < -0.4 is 0 Å². The van der Waals surface area contributed by atoms with E-state index in [4.69, 9.17) is 16.7 Å². The summed E-state index contributed by atoms with van der Waals surface area (Å²) in [5.74, 6) is -0.816. The molecule has 0 aromatic heterocycles. The zero-order valence-electron chi connectivity index (χ0n) is 5.43. The highest BCUT2D eigenvalue weighted by Gasteiger charge is 2.06. The lowest BCUT2D eigenvalue weighted by molar-refractivity contribution is -0.137. The first kappa shape index (κ1) is 8.76. The first-order valence-electron chi connectivity index (χ1n) is 3.02. The highest BCUT2D eigenvalue weighted by Crippen LogP contribution is 2.08. The van der Waals surface area contributed by atoms with E-state index in [1.807, 2.05) is 6.92 Å². The van der Waals surface area contributed by atoms with Gasteiger partial charge in [0.15, 0.2) is 0 Å². The number of hydrogen-bond acceptors (Lipinski definition) is 1. The third-order valence-corrected chi connectivity index (χ3v) is 1.37. The minimum Gasteiger partial charge on any atom is -0.481 e. The summed E-state index contributed by atoms with van der Waals surface area (Å²) in [4.78, 5) is 10.0. The van der Waals surface area contributed by atoms with Crippen LogP contribution in [0.3, 0.4) is 0 Å². The van der Waals surface area contributed by atoms with Crippen LogP contribution in [0.5, 0.6) is 0 Å². The van der Waals surface area contributed by atoms with Gasteiger partial charge in [-0.3, -0.25) is 4.79 Å². The topological polar surface area (TPSA) is 37.3 Å². The standard InChI is InChI=1S/C6H11ClO2/c1-2-3-5(7)4-6(8)9/h5H,2-4H2,1H3,(H,8,9). The van der Waals surface area contributed by atoms with Gasteiger partial charge in [0, 0.05) is 5.38 Å². The summed E-state index contributed by atoms with van der Waals surface area (Å²) < 4.78 is 0. The van der Waals surface area contributed by atoms with Crippen molar-refractivity contribution < 1.29 is 9.90 Å². The van der Waals surface area contributed by atoms with Gasteiger partial charge in [0.1, 0.15) is 0 Å². The average Bonchev–Trinajstić information content (AvgIpc) is 1.63. The van der Waals surface area contributed by atoms with Gasteiger partial charge in [-0.15, -0.1) is 11.6 Å². The molecule has 1 unspecified atom stereocenters. The van der Waals surface area contributed by atoms with E-state index in [0.29, 0.717) is 0 Å². The van der Waals surface area contributed by atoms with E-state index in [0.717, 1.165) is 12.8 Å². The van der Waals surface area contributed by atoms with Crippen LogP contribution in [-0.2, 0) is 4.79 Å². The van der Waals surface area contributed by atoms with Gasteiger partial charge in [-0.05, 0) is 6.42 Å². The summed E-state index contributed by atoms with van der Waals surface area (Å²) in [7, 11) is 0. The maximum absolute atomic E-state index is 10.0. The van der Waals surface area contributed by atoms with Crippen LogP contribution in [0.15, 0.2) is 0 Å². The van der Waals surface area contributed by atoms with Gasteiger partial charge in [0.25, 0.3) is 0 Å². The third kappa shape index (κ3) is 5.63. The van der Waals surface area contributed by atoms with Gasteiger partial charge < -0.3 is 5.11 Å². The molecule has 0 aromatic carbocycles. The van der Waals surface area contributed by atoms with Crippen molar-refractivity contribution in [2.24, 2.45) is 0 Å². The Morgan fingerprint density at radius 3 is 2.67 bits per heavy atom. The molecule has 0 aromatic rings. The first-order valence-corrected chi connectivity index (χ1v) is 3.46.